The Morgan fingerprint density at radius 3 is 2.94 bits per heavy atom. The van der Waals surface area contributed by atoms with Gasteiger partial charge < -0.3 is 9.67 Å². The number of hydrogen-bond donors (Lipinski definition) is 1. The molecular formula is C11H12ClN3O2. The molecule has 0 atom stereocenters. The number of aromatic nitrogens is 3. The van der Waals surface area contributed by atoms with Crippen molar-refractivity contribution in [1.82, 2.24) is 14.3 Å². The Hall–Kier alpha value is -1.75. The molecule has 0 bridgehead atoms. The van der Waals surface area contributed by atoms with Crippen LogP contribution in [0.4, 0.5) is 0 Å². The second kappa shape index (κ2) is 5.05. The predicted molar refractivity (Wildman–Crippen MR) is 63.2 cm³/mol. The molecule has 0 saturated heterocycles. The van der Waals surface area contributed by atoms with Crippen molar-refractivity contribution < 1.29 is 9.90 Å². The predicted octanol–water partition coefficient (Wildman–Crippen LogP) is 2.13. The minimum absolute atomic E-state index is 0.218. The molecule has 0 spiro atoms. The van der Waals surface area contributed by atoms with Crippen molar-refractivity contribution in [1.29, 1.82) is 0 Å². The van der Waals surface area contributed by atoms with E-state index in [1.165, 1.54) is 6.07 Å². The molecule has 90 valence electrons. The van der Waals surface area contributed by atoms with Crippen molar-refractivity contribution >= 4 is 17.6 Å². The van der Waals surface area contributed by atoms with Crippen LogP contribution in [0.15, 0.2) is 30.7 Å². The minimum atomic E-state index is -0.962. The lowest BCUT2D eigenvalue weighted by atomic mass is 10.4. The van der Waals surface area contributed by atoms with Gasteiger partial charge in [0, 0.05) is 31.7 Å². The third-order valence-corrected chi connectivity index (χ3v) is 2.63. The zero-order valence-corrected chi connectivity index (χ0v) is 9.84. The third-order valence-electron chi connectivity index (χ3n) is 2.43. The first-order valence-corrected chi connectivity index (χ1v) is 5.61. The second-order valence-corrected chi connectivity index (χ2v) is 4.10. The van der Waals surface area contributed by atoms with Crippen LogP contribution in [0, 0.1) is 0 Å². The van der Waals surface area contributed by atoms with E-state index in [0.717, 1.165) is 13.0 Å². The van der Waals surface area contributed by atoms with E-state index in [1.54, 1.807) is 17.0 Å². The lowest BCUT2D eigenvalue weighted by molar-refractivity contribution is 0.0685. The van der Waals surface area contributed by atoms with Gasteiger partial charge in [-0.05, 0) is 18.6 Å². The Balaban J connectivity index is 1.96. The molecule has 5 nitrogen and oxygen atoms in total. The van der Waals surface area contributed by atoms with Crippen LogP contribution in [0.1, 0.15) is 16.9 Å². The van der Waals surface area contributed by atoms with E-state index in [4.69, 9.17) is 16.7 Å². The molecule has 0 radical (unpaired) electrons. The summed E-state index contributed by atoms with van der Waals surface area (Å²) < 4.78 is 3.46. The number of aromatic carboxylic acids is 1. The Morgan fingerprint density at radius 2 is 2.29 bits per heavy atom. The molecule has 0 amide bonds. The molecule has 0 fully saturated rings. The van der Waals surface area contributed by atoms with E-state index in [2.05, 4.69) is 5.10 Å². The van der Waals surface area contributed by atoms with Gasteiger partial charge in [-0.25, -0.2) is 4.79 Å². The average Bonchev–Trinajstić information content (AvgIpc) is 2.88. The van der Waals surface area contributed by atoms with Crippen LogP contribution in [0.5, 0.6) is 0 Å². The molecule has 0 saturated carbocycles. The Morgan fingerprint density at radius 1 is 1.47 bits per heavy atom. The molecule has 1 N–H and O–H groups in total. The highest BCUT2D eigenvalue weighted by Crippen LogP contribution is 2.14. The first-order chi connectivity index (χ1) is 8.16. The van der Waals surface area contributed by atoms with Gasteiger partial charge in [-0.3, -0.25) is 4.68 Å². The van der Waals surface area contributed by atoms with Crippen LogP contribution in [-0.2, 0) is 13.1 Å². The van der Waals surface area contributed by atoms with Gasteiger partial charge in [-0.1, -0.05) is 11.6 Å². The largest absolute Gasteiger partial charge is 0.477 e. The fraction of sp³-hybridized carbons (Fsp3) is 0.273. The first-order valence-electron chi connectivity index (χ1n) is 5.23. The summed E-state index contributed by atoms with van der Waals surface area (Å²) in [4.78, 5) is 10.9. The molecule has 2 heterocycles. The summed E-state index contributed by atoms with van der Waals surface area (Å²) in [5, 5.41) is 13.5. The highest BCUT2D eigenvalue weighted by Gasteiger charge is 2.11. The molecule has 2 aromatic heterocycles. The molecule has 17 heavy (non-hydrogen) atoms. The van der Waals surface area contributed by atoms with Crippen LogP contribution in [0.2, 0.25) is 5.02 Å². The average molecular weight is 254 g/mol. The molecule has 0 aliphatic carbocycles. The van der Waals surface area contributed by atoms with E-state index >= 15 is 0 Å². The smallest absolute Gasteiger partial charge is 0.352 e. The number of carbonyl (C=O) groups is 1. The number of carboxylic acids is 1. The quantitative estimate of drug-likeness (QED) is 0.888. The lowest BCUT2D eigenvalue weighted by Gasteiger charge is -2.06. The maximum absolute atomic E-state index is 10.9. The topological polar surface area (TPSA) is 60.0 Å². The van der Waals surface area contributed by atoms with Crippen LogP contribution < -0.4 is 0 Å². The van der Waals surface area contributed by atoms with Crippen molar-refractivity contribution in [3.05, 3.63) is 41.4 Å². The summed E-state index contributed by atoms with van der Waals surface area (Å²) in [6, 6.07) is 3.31. The van der Waals surface area contributed by atoms with Gasteiger partial charge in [0.25, 0.3) is 0 Å². The van der Waals surface area contributed by atoms with Crippen LogP contribution in [0.3, 0.4) is 0 Å². The highest BCUT2D eigenvalue weighted by molar-refractivity contribution is 6.30. The van der Waals surface area contributed by atoms with Crippen molar-refractivity contribution in [2.24, 2.45) is 0 Å². The van der Waals surface area contributed by atoms with E-state index in [1.807, 2.05) is 16.9 Å². The summed E-state index contributed by atoms with van der Waals surface area (Å²) in [7, 11) is 0. The molecule has 6 heteroatoms. The van der Waals surface area contributed by atoms with Gasteiger partial charge >= 0.3 is 5.97 Å². The van der Waals surface area contributed by atoms with Gasteiger partial charge in [0.2, 0.25) is 0 Å². The minimum Gasteiger partial charge on any atom is -0.477 e. The van der Waals surface area contributed by atoms with E-state index in [0.29, 0.717) is 11.6 Å². The molecule has 0 aliphatic rings. The van der Waals surface area contributed by atoms with Crippen LogP contribution >= 0.6 is 11.6 Å². The van der Waals surface area contributed by atoms with Gasteiger partial charge in [0.15, 0.2) is 0 Å². The number of aryl methyl sites for hydroxylation is 2. The molecule has 2 aromatic rings. The van der Waals surface area contributed by atoms with E-state index in [9.17, 15) is 4.79 Å². The van der Waals surface area contributed by atoms with Crippen LogP contribution in [0.25, 0.3) is 0 Å². The van der Waals surface area contributed by atoms with Gasteiger partial charge in [0.1, 0.15) is 5.69 Å². The van der Waals surface area contributed by atoms with Gasteiger partial charge in [-0.15, -0.1) is 0 Å². The van der Waals surface area contributed by atoms with Gasteiger partial charge in [0.05, 0.1) is 5.02 Å². The monoisotopic (exact) mass is 253 g/mol. The van der Waals surface area contributed by atoms with Gasteiger partial charge in [-0.2, -0.15) is 5.10 Å². The summed E-state index contributed by atoms with van der Waals surface area (Å²) >= 11 is 5.79. The Bertz CT molecular complexity index is 505. The highest BCUT2D eigenvalue weighted by atomic mass is 35.5. The second-order valence-electron chi connectivity index (χ2n) is 3.66. The van der Waals surface area contributed by atoms with E-state index in [-0.39, 0.29) is 5.69 Å². The van der Waals surface area contributed by atoms with Crippen molar-refractivity contribution in [3.8, 4) is 0 Å². The summed E-state index contributed by atoms with van der Waals surface area (Å²) in [5.41, 5.74) is 0.218. The maximum atomic E-state index is 10.9. The molecule has 0 unspecified atom stereocenters. The number of halogens is 1. The summed E-state index contributed by atoms with van der Waals surface area (Å²) in [6.07, 6.45) is 6.02. The molecule has 2 rings (SSSR count). The summed E-state index contributed by atoms with van der Waals surface area (Å²) in [5.74, 6) is -0.962. The van der Waals surface area contributed by atoms with Crippen LogP contribution in [-0.4, -0.2) is 25.4 Å². The van der Waals surface area contributed by atoms with Crippen molar-refractivity contribution in [3.63, 3.8) is 0 Å². The van der Waals surface area contributed by atoms with Crippen molar-refractivity contribution in [2.45, 2.75) is 19.5 Å². The third kappa shape index (κ3) is 2.88. The fourth-order valence-corrected chi connectivity index (χ4v) is 1.90. The van der Waals surface area contributed by atoms with E-state index < -0.39 is 5.97 Å². The number of carboxylic acid groups (broad SMARTS) is 1. The zero-order valence-electron chi connectivity index (χ0n) is 9.08. The standard InChI is InChI=1S/C11H12ClN3O2/c12-9-7-10(11(16)17)14(8-9)4-2-6-15-5-1-3-13-15/h1,3,5,7-8H,2,4,6H2,(H,16,17). The SMILES string of the molecule is O=C(O)c1cc(Cl)cn1CCCn1cccn1. The molecule has 0 aliphatic heterocycles. The Labute approximate surface area is 103 Å². The summed E-state index contributed by atoms with van der Waals surface area (Å²) in [6.45, 7) is 1.36. The first kappa shape index (κ1) is 11.7. The number of hydrogen-bond acceptors (Lipinski definition) is 2. The molecular weight excluding hydrogens is 242 g/mol. The number of rotatable bonds is 5. The lowest BCUT2D eigenvalue weighted by Crippen LogP contribution is -2.09. The zero-order chi connectivity index (χ0) is 12.3. The fourth-order valence-electron chi connectivity index (χ4n) is 1.67. The number of nitrogens with zero attached hydrogens (tertiary/aromatic N) is 3. The normalized spacial score (nSPS) is 10.6. The molecule has 0 aromatic carbocycles. The Kier molecular flexibility index (Phi) is 3.49. The van der Waals surface area contributed by atoms with Crippen molar-refractivity contribution in [2.75, 3.05) is 0 Å². The maximum Gasteiger partial charge on any atom is 0.352 e.